The monoisotopic (exact) mass is 203 g/mol. The summed E-state index contributed by atoms with van der Waals surface area (Å²) in [6.45, 7) is 6.19. The lowest BCUT2D eigenvalue weighted by atomic mass is 10.1. The number of hydrogen-bond donors (Lipinski definition) is 1. The lowest BCUT2D eigenvalue weighted by Gasteiger charge is -2.04. The molecule has 0 aliphatic heterocycles. The highest BCUT2D eigenvalue weighted by Crippen LogP contribution is 2.21. The van der Waals surface area contributed by atoms with E-state index in [9.17, 15) is 0 Å². The Morgan fingerprint density at radius 3 is 2.87 bits per heavy atom. The van der Waals surface area contributed by atoms with Crippen LogP contribution < -0.4 is 5.73 Å². The van der Waals surface area contributed by atoms with E-state index in [1.54, 1.807) is 0 Å². The Bertz CT molecular complexity index is 483. The molecule has 3 heteroatoms. The summed E-state index contributed by atoms with van der Waals surface area (Å²) in [5.74, 6) is 1.08. The van der Waals surface area contributed by atoms with Gasteiger partial charge in [0, 0.05) is 18.7 Å². The fraction of sp³-hybridized carbons (Fsp3) is 0.417. The average Bonchev–Trinajstić information content (AvgIpc) is 2.58. The van der Waals surface area contributed by atoms with Crippen LogP contribution >= 0.6 is 0 Å². The molecule has 2 aromatic heterocycles. The summed E-state index contributed by atoms with van der Waals surface area (Å²) < 4.78 is 2.15. The third kappa shape index (κ3) is 1.53. The standard InChI is InChI=1S/C12H17N3/c1-4-10-14-11(9(3)13)12-8(2)6-5-7-15(10)12/h5-7,9H,4,13H2,1-3H3. The first-order chi connectivity index (χ1) is 7.15. The molecule has 80 valence electrons. The van der Waals surface area contributed by atoms with Crippen molar-refractivity contribution in [1.29, 1.82) is 0 Å². The van der Waals surface area contributed by atoms with E-state index in [1.165, 1.54) is 11.1 Å². The van der Waals surface area contributed by atoms with Crippen molar-refractivity contribution in [2.24, 2.45) is 5.73 Å². The maximum Gasteiger partial charge on any atom is 0.113 e. The molecular formula is C12H17N3. The van der Waals surface area contributed by atoms with Gasteiger partial charge in [0.25, 0.3) is 0 Å². The molecule has 0 amide bonds. The fourth-order valence-electron chi connectivity index (χ4n) is 1.97. The summed E-state index contributed by atoms with van der Waals surface area (Å²) in [5, 5.41) is 0. The Labute approximate surface area is 89.9 Å². The van der Waals surface area contributed by atoms with E-state index < -0.39 is 0 Å². The SMILES string of the molecule is CCc1nc(C(C)N)c2c(C)cccn12. The Morgan fingerprint density at radius 2 is 2.27 bits per heavy atom. The van der Waals surface area contributed by atoms with Crippen LogP contribution in [0.4, 0.5) is 0 Å². The van der Waals surface area contributed by atoms with Gasteiger partial charge in [-0.25, -0.2) is 4.98 Å². The zero-order valence-electron chi connectivity index (χ0n) is 9.49. The van der Waals surface area contributed by atoms with Crippen LogP contribution in [0.15, 0.2) is 18.3 Å². The summed E-state index contributed by atoms with van der Waals surface area (Å²) >= 11 is 0. The predicted octanol–water partition coefficient (Wildman–Crippen LogP) is 2.22. The van der Waals surface area contributed by atoms with Gasteiger partial charge >= 0.3 is 0 Å². The molecule has 15 heavy (non-hydrogen) atoms. The van der Waals surface area contributed by atoms with Crippen LogP contribution in [0.25, 0.3) is 5.52 Å². The van der Waals surface area contributed by atoms with Gasteiger partial charge in [-0.3, -0.25) is 0 Å². The van der Waals surface area contributed by atoms with Gasteiger partial charge in [-0.2, -0.15) is 0 Å². The Kier molecular flexibility index (Phi) is 2.49. The van der Waals surface area contributed by atoms with Crippen LogP contribution in [-0.2, 0) is 6.42 Å². The van der Waals surface area contributed by atoms with Crippen molar-refractivity contribution in [3.05, 3.63) is 35.4 Å². The van der Waals surface area contributed by atoms with Crippen LogP contribution in [-0.4, -0.2) is 9.38 Å². The lowest BCUT2D eigenvalue weighted by molar-refractivity contribution is 0.787. The predicted molar refractivity (Wildman–Crippen MR) is 61.9 cm³/mol. The summed E-state index contributed by atoms with van der Waals surface area (Å²) in [7, 11) is 0. The third-order valence-corrected chi connectivity index (χ3v) is 2.71. The second kappa shape index (κ2) is 3.66. The number of pyridine rings is 1. The maximum absolute atomic E-state index is 5.94. The smallest absolute Gasteiger partial charge is 0.113 e. The number of hydrogen-bond acceptors (Lipinski definition) is 2. The second-order valence-electron chi connectivity index (χ2n) is 3.97. The average molecular weight is 203 g/mol. The lowest BCUT2D eigenvalue weighted by Crippen LogP contribution is -2.06. The molecule has 2 heterocycles. The number of rotatable bonds is 2. The minimum absolute atomic E-state index is 0.0126. The van der Waals surface area contributed by atoms with Gasteiger partial charge in [0.05, 0.1) is 11.2 Å². The van der Waals surface area contributed by atoms with Crippen LogP contribution in [0.3, 0.4) is 0 Å². The van der Waals surface area contributed by atoms with Gasteiger partial charge < -0.3 is 10.1 Å². The van der Waals surface area contributed by atoms with E-state index in [2.05, 4.69) is 35.5 Å². The largest absolute Gasteiger partial charge is 0.323 e. The van der Waals surface area contributed by atoms with Crippen molar-refractivity contribution in [3.63, 3.8) is 0 Å². The van der Waals surface area contributed by atoms with E-state index in [-0.39, 0.29) is 6.04 Å². The van der Waals surface area contributed by atoms with Crippen molar-refractivity contribution in [2.75, 3.05) is 0 Å². The number of aryl methyl sites for hydroxylation is 2. The first-order valence-electron chi connectivity index (χ1n) is 5.37. The molecule has 1 atom stereocenters. The Morgan fingerprint density at radius 1 is 1.53 bits per heavy atom. The number of fused-ring (bicyclic) bond motifs is 1. The van der Waals surface area contributed by atoms with Crippen molar-refractivity contribution in [2.45, 2.75) is 33.2 Å². The van der Waals surface area contributed by atoms with Crippen molar-refractivity contribution < 1.29 is 0 Å². The number of nitrogens with zero attached hydrogens (tertiary/aromatic N) is 2. The first-order valence-corrected chi connectivity index (χ1v) is 5.37. The zero-order valence-corrected chi connectivity index (χ0v) is 9.49. The first kappa shape index (κ1) is 10.2. The summed E-state index contributed by atoms with van der Waals surface area (Å²) in [4.78, 5) is 4.61. The number of aromatic nitrogens is 2. The van der Waals surface area contributed by atoms with E-state index in [0.717, 1.165) is 17.9 Å². The maximum atomic E-state index is 5.94. The molecule has 0 saturated heterocycles. The van der Waals surface area contributed by atoms with Crippen molar-refractivity contribution in [1.82, 2.24) is 9.38 Å². The fourth-order valence-corrected chi connectivity index (χ4v) is 1.97. The van der Waals surface area contributed by atoms with Gasteiger partial charge in [0.15, 0.2) is 0 Å². The summed E-state index contributed by atoms with van der Waals surface area (Å²) in [5.41, 5.74) is 9.35. The Balaban J connectivity index is 2.82. The molecule has 1 unspecified atom stereocenters. The molecule has 0 aromatic carbocycles. The molecule has 2 aromatic rings. The molecule has 2 N–H and O–H groups in total. The molecule has 0 bridgehead atoms. The molecule has 0 aliphatic carbocycles. The van der Waals surface area contributed by atoms with Gasteiger partial charge in [-0.05, 0) is 25.5 Å². The molecular weight excluding hydrogens is 186 g/mol. The summed E-state index contributed by atoms with van der Waals surface area (Å²) in [6, 6.07) is 4.14. The van der Waals surface area contributed by atoms with Gasteiger partial charge in [0.2, 0.25) is 0 Å². The van der Waals surface area contributed by atoms with Crippen LogP contribution in [0.1, 0.15) is 37.0 Å². The zero-order chi connectivity index (χ0) is 11.0. The van der Waals surface area contributed by atoms with Crippen molar-refractivity contribution in [3.8, 4) is 0 Å². The topological polar surface area (TPSA) is 43.3 Å². The van der Waals surface area contributed by atoms with Crippen LogP contribution in [0.5, 0.6) is 0 Å². The van der Waals surface area contributed by atoms with Crippen molar-refractivity contribution >= 4 is 5.52 Å². The molecule has 0 fully saturated rings. The van der Waals surface area contributed by atoms with Gasteiger partial charge in [0.1, 0.15) is 5.82 Å². The van der Waals surface area contributed by atoms with E-state index in [0.29, 0.717) is 0 Å². The molecule has 0 radical (unpaired) electrons. The molecule has 0 aliphatic rings. The third-order valence-electron chi connectivity index (χ3n) is 2.71. The van der Waals surface area contributed by atoms with Crippen LogP contribution in [0.2, 0.25) is 0 Å². The second-order valence-corrected chi connectivity index (χ2v) is 3.97. The van der Waals surface area contributed by atoms with E-state index >= 15 is 0 Å². The number of nitrogens with two attached hydrogens (primary N) is 1. The normalized spacial score (nSPS) is 13.3. The highest BCUT2D eigenvalue weighted by molar-refractivity contribution is 5.60. The minimum Gasteiger partial charge on any atom is -0.323 e. The van der Waals surface area contributed by atoms with Crippen LogP contribution in [0, 0.1) is 6.92 Å². The molecule has 2 rings (SSSR count). The minimum atomic E-state index is -0.0126. The molecule has 0 spiro atoms. The van der Waals surface area contributed by atoms with Gasteiger partial charge in [-0.1, -0.05) is 13.0 Å². The Hall–Kier alpha value is -1.35. The molecule has 3 nitrogen and oxygen atoms in total. The summed E-state index contributed by atoms with van der Waals surface area (Å²) in [6.07, 6.45) is 2.98. The van der Waals surface area contributed by atoms with Gasteiger partial charge in [-0.15, -0.1) is 0 Å². The number of imidazole rings is 1. The van der Waals surface area contributed by atoms with E-state index in [4.69, 9.17) is 5.73 Å². The highest BCUT2D eigenvalue weighted by atomic mass is 15.0. The van der Waals surface area contributed by atoms with E-state index in [1.807, 2.05) is 13.0 Å². The molecule has 0 saturated carbocycles. The quantitative estimate of drug-likeness (QED) is 0.813. The highest BCUT2D eigenvalue weighted by Gasteiger charge is 2.14.